The normalized spacial score (nSPS) is 11.8. The number of hydrogen-bond donors (Lipinski definition) is 1. The van der Waals surface area contributed by atoms with Gasteiger partial charge < -0.3 is 10.0 Å². The van der Waals surface area contributed by atoms with Crippen LogP contribution in [0.1, 0.15) is 42.6 Å². The van der Waals surface area contributed by atoms with Crippen LogP contribution in [0.25, 0.3) is 0 Å². The Kier molecular flexibility index (Phi) is 6.20. The Hall–Kier alpha value is -1.56. The van der Waals surface area contributed by atoms with Crippen molar-refractivity contribution in [2.45, 2.75) is 38.9 Å². The summed E-state index contributed by atoms with van der Waals surface area (Å²) in [5.41, 5.74) is -0.855. The average molecular weight is 303 g/mol. The summed E-state index contributed by atoms with van der Waals surface area (Å²) in [6, 6.07) is 4.28. The van der Waals surface area contributed by atoms with Crippen molar-refractivity contribution in [1.29, 1.82) is 0 Å². The third-order valence-corrected chi connectivity index (χ3v) is 3.42. The molecular weight excluding hydrogens is 283 g/mol. The number of carbonyl (C=O) groups is 1. The Bertz CT molecular complexity index is 470. The van der Waals surface area contributed by atoms with Crippen molar-refractivity contribution in [3.05, 3.63) is 35.4 Å². The van der Waals surface area contributed by atoms with Crippen molar-refractivity contribution >= 4 is 5.91 Å². The van der Waals surface area contributed by atoms with E-state index in [9.17, 15) is 18.0 Å². The van der Waals surface area contributed by atoms with Gasteiger partial charge in [0, 0.05) is 18.2 Å². The highest BCUT2D eigenvalue weighted by atomic mass is 19.4. The second-order valence-corrected chi connectivity index (χ2v) is 4.77. The summed E-state index contributed by atoms with van der Waals surface area (Å²) >= 11 is 0. The second-order valence-electron chi connectivity index (χ2n) is 4.77. The van der Waals surface area contributed by atoms with E-state index >= 15 is 0 Å². The minimum atomic E-state index is -4.48. The van der Waals surface area contributed by atoms with E-state index in [0.29, 0.717) is 12.8 Å². The lowest BCUT2D eigenvalue weighted by Crippen LogP contribution is -2.41. The molecule has 6 heteroatoms. The average Bonchev–Trinajstić information content (AvgIpc) is 2.46. The van der Waals surface area contributed by atoms with Crippen molar-refractivity contribution in [1.82, 2.24) is 4.90 Å². The molecule has 1 aromatic carbocycles. The number of nitrogens with zero attached hydrogens (tertiary/aromatic N) is 1. The minimum Gasteiger partial charge on any atom is -0.395 e. The molecule has 0 fully saturated rings. The zero-order chi connectivity index (χ0) is 16.0. The zero-order valence-corrected chi connectivity index (χ0v) is 12.2. The van der Waals surface area contributed by atoms with Gasteiger partial charge in [0.15, 0.2) is 0 Å². The predicted octanol–water partition coefficient (Wildman–Crippen LogP) is 3.33. The molecule has 0 radical (unpaired) electrons. The standard InChI is InChI=1S/C15H20F3NO2/c1-3-13(4-2)19(8-9-20)14(21)11-6-5-7-12(10-11)15(16,17)18/h5-7,10,13,20H,3-4,8-9H2,1-2H3. The molecular formula is C15H20F3NO2. The van der Waals surface area contributed by atoms with Crippen LogP contribution in [0.2, 0.25) is 0 Å². The number of aliphatic hydroxyl groups is 1. The van der Waals surface area contributed by atoms with Gasteiger partial charge in [-0.05, 0) is 31.0 Å². The molecule has 0 aliphatic carbocycles. The fraction of sp³-hybridized carbons (Fsp3) is 0.533. The molecule has 0 spiro atoms. The summed E-state index contributed by atoms with van der Waals surface area (Å²) < 4.78 is 38.1. The maximum Gasteiger partial charge on any atom is 0.416 e. The van der Waals surface area contributed by atoms with Crippen LogP contribution < -0.4 is 0 Å². The molecule has 0 aromatic heterocycles. The molecule has 0 bridgehead atoms. The third-order valence-electron chi connectivity index (χ3n) is 3.42. The molecule has 0 unspecified atom stereocenters. The van der Waals surface area contributed by atoms with Gasteiger partial charge in [-0.2, -0.15) is 13.2 Å². The van der Waals surface area contributed by atoms with Gasteiger partial charge in [0.25, 0.3) is 5.91 Å². The van der Waals surface area contributed by atoms with Gasteiger partial charge in [0.2, 0.25) is 0 Å². The highest BCUT2D eigenvalue weighted by Gasteiger charge is 2.31. The molecule has 0 aliphatic rings. The Morgan fingerprint density at radius 1 is 1.29 bits per heavy atom. The summed E-state index contributed by atoms with van der Waals surface area (Å²) in [4.78, 5) is 13.9. The first-order valence-electron chi connectivity index (χ1n) is 6.94. The fourth-order valence-electron chi connectivity index (χ4n) is 2.28. The summed E-state index contributed by atoms with van der Waals surface area (Å²) in [6.07, 6.45) is -3.12. The molecule has 1 N–H and O–H groups in total. The summed E-state index contributed by atoms with van der Waals surface area (Å²) in [5.74, 6) is -0.483. The number of carbonyl (C=O) groups excluding carboxylic acids is 1. The largest absolute Gasteiger partial charge is 0.416 e. The monoisotopic (exact) mass is 303 g/mol. The van der Waals surface area contributed by atoms with Crippen LogP contribution in [0.4, 0.5) is 13.2 Å². The van der Waals surface area contributed by atoms with Gasteiger partial charge in [-0.1, -0.05) is 19.9 Å². The summed E-state index contributed by atoms with van der Waals surface area (Å²) in [6.45, 7) is 3.69. The van der Waals surface area contributed by atoms with Gasteiger partial charge >= 0.3 is 6.18 Å². The van der Waals surface area contributed by atoms with Crippen LogP contribution in [-0.2, 0) is 6.18 Å². The molecule has 3 nitrogen and oxygen atoms in total. The van der Waals surface area contributed by atoms with Gasteiger partial charge in [-0.15, -0.1) is 0 Å². The van der Waals surface area contributed by atoms with Gasteiger partial charge in [-0.3, -0.25) is 4.79 Å². The fourth-order valence-corrected chi connectivity index (χ4v) is 2.28. The highest BCUT2D eigenvalue weighted by Crippen LogP contribution is 2.30. The Morgan fingerprint density at radius 3 is 2.38 bits per heavy atom. The van der Waals surface area contributed by atoms with Crippen LogP contribution in [-0.4, -0.2) is 35.1 Å². The Labute approximate surface area is 122 Å². The van der Waals surface area contributed by atoms with E-state index in [1.54, 1.807) is 0 Å². The van der Waals surface area contributed by atoms with Crippen molar-refractivity contribution < 1.29 is 23.1 Å². The van der Waals surface area contributed by atoms with Crippen molar-refractivity contribution in [3.8, 4) is 0 Å². The molecule has 0 saturated heterocycles. The smallest absolute Gasteiger partial charge is 0.395 e. The topological polar surface area (TPSA) is 40.5 Å². The summed E-state index contributed by atoms with van der Waals surface area (Å²) in [7, 11) is 0. The zero-order valence-electron chi connectivity index (χ0n) is 12.2. The quantitative estimate of drug-likeness (QED) is 0.875. The lowest BCUT2D eigenvalue weighted by Gasteiger charge is -2.30. The summed E-state index contributed by atoms with van der Waals surface area (Å²) in [5, 5.41) is 9.08. The van der Waals surface area contributed by atoms with Crippen molar-refractivity contribution in [3.63, 3.8) is 0 Å². The number of aliphatic hydroxyl groups excluding tert-OH is 1. The van der Waals surface area contributed by atoms with Gasteiger partial charge in [-0.25, -0.2) is 0 Å². The molecule has 0 saturated carbocycles. The van der Waals surface area contributed by atoms with Crippen LogP contribution in [0.3, 0.4) is 0 Å². The van der Waals surface area contributed by atoms with Crippen LogP contribution in [0.15, 0.2) is 24.3 Å². The molecule has 118 valence electrons. The molecule has 1 amide bonds. The second kappa shape index (κ2) is 7.45. The van der Waals surface area contributed by atoms with E-state index in [1.807, 2.05) is 13.8 Å². The number of benzene rings is 1. The molecule has 0 heterocycles. The van der Waals surface area contributed by atoms with Gasteiger partial charge in [0.1, 0.15) is 0 Å². The molecule has 1 rings (SSSR count). The van der Waals surface area contributed by atoms with Crippen LogP contribution in [0.5, 0.6) is 0 Å². The molecule has 0 aliphatic heterocycles. The first kappa shape index (κ1) is 17.5. The first-order valence-corrected chi connectivity index (χ1v) is 6.94. The lowest BCUT2D eigenvalue weighted by molar-refractivity contribution is -0.137. The Balaban J connectivity index is 3.09. The SMILES string of the molecule is CCC(CC)N(CCO)C(=O)c1cccc(C(F)(F)F)c1. The minimum absolute atomic E-state index is 0.00910. The van der Waals surface area contributed by atoms with E-state index in [2.05, 4.69) is 0 Å². The van der Waals surface area contributed by atoms with E-state index in [-0.39, 0.29) is 24.8 Å². The van der Waals surface area contributed by atoms with Crippen molar-refractivity contribution in [2.75, 3.05) is 13.2 Å². The lowest BCUT2D eigenvalue weighted by atomic mass is 10.1. The van der Waals surface area contributed by atoms with Crippen LogP contribution >= 0.6 is 0 Å². The number of halogens is 3. The third kappa shape index (κ3) is 4.46. The maximum absolute atomic E-state index is 12.7. The molecule has 1 aromatic rings. The van der Waals surface area contributed by atoms with E-state index in [4.69, 9.17) is 5.11 Å². The first-order chi connectivity index (χ1) is 9.85. The van der Waals surface area contributed by atoms with Crippen molar-refractivity contribution in [2.24, 2.45) is 0 Å². The van der Waals surface area contributed by atoms with E-state index in [1.165, 1.54) is 17.0 Å². The number of alkyl halides is 3. The number of rotatable bonds is 6. The maximum atomic E-state index is 12.7. The van der Waals surface area contributed by atoms with E-state index in [0.717, 1.165) is 12.1 Å². The highest BCUT2D eigenvalue weighted by molar-refractivity contribution is 5.94. The van der Waals surface area contributed by atoms with Crippen LogP contribution in [0, 0.1) is 0 Å². The predicted molar refractivity (Wildman–Crippen MR) is 73.9 cm³/mol. The number of hydrogen-bond acceptors (Lipinski definition) is 2. The molecule has 21 heavy (non-hydrogen) atoms. The Morgan fingerprint density at radius 2 is 1.90 bits per heavy atom. The number of amides is 1. The van der Waals surface area contributed by atoms with E-state index < -0.39 is 17.6 Å². The molecule has 0 atom stereocenters. The van der Waals surface area contributed by atoms with Gasteiger partial charge in [0.05, 0.1) is 12.2 Å².